The summed E-state index contributed by atoms with van der Waals surface area (Å²) in [6.45, 7) is 12.5. The molecule has 236 valence electrons. The number of anilines is 1. The van der Waals surface area contributed by atoms with Crippen molar-refractivity contribution in [1.29, 1.82) is 0 Å². The van der Waals surface area contributed by atoms with E-state index in [0.717, 1.165) is 23.6 Å². The van der Waals surface area contributed by atoms with Crippen LogP contribution in [0.2, 0.25) is 0 Å². The Balaban J connectivity index is 1.52. The third-order valence-electron chi connectivity index (χ3n) is 10.0. The number of hydrogen-bond donors (Lipinski definition) is 1. The molecule has 3 aliphatic rings. The van der Waals surface area contributed by atoms with E-state index in [1.165, 1.54) is 0 Å². The average molecular weight is 603 g/mol. The van der Waals surface area contributed by atoms with Gasteiger partial charge in [0.1, 0.15) is 17.6 Å². The highest BCUT2D eigenvalue weighted by molar-refractivity contribution is 6.05. The van der Waals surface area contributed by atoms with Crippen molar-refractivity contribution in [2.24, 2.45) is 17.8 Å². The lowest BCUT2D eigenvalue weighted by Crippen LogP contribution is -2.57. The van der Waals surface area contributed by atoms with Crippen LogP contribution in [0, 0.1) is 17.8 Å². The second kappa shape index (κ2) is 13.2. The lowest BCUT2D eigenvalue weighted by Gasteiger charge is -2.37. The Kier molecular flexibility index (Phi) is 9.61. The lowest BCUT2D eigenvalue weighted by atomic mass is 9.62. The molecule has 5 rings (SSSR count). The molecule has 1 spiro atoms. The summed E-state index contributed by atoms with van der Waals surface area (Å²) in [7, 11) is 0. The molecule has 3 aliphatic heterocycles. The van der Waals surface area contributed by atoms with Gasteiger partial charge in [0.25, 0.3) is 5.91 Å². The van der Waals surface area contributed by atoms with Gasteiger partial charge in [-0.1, -0.05) is 49.4 Å². The van der Waals surface area contributed by atoms with E-state index < -0.39 is 35.0 Å². The van der Waals surface area contributed by atoms with Crippen LogP contribution in [-0.4, -0.2) is 71.3 Å². The summed E-state index contributed by atoms with van der Waals surface area (Å²) in [4.78, 5) is 46.3. The number of likely N-dealkylation sites (tertiary alicyclic amines) is 1. The Hall–Kier alpha value is -3.49. The maximum absolute atomic E-state index is 14.8. The van der Waals surface area contributed by atoms with Crippen LogP contribution in [0.15, 0.2) is 67.8 Å². The molecule has 8 nitrogen and oxygen atoms in total. The fourth-order valence-electron chi connectivity index (χ4n) is 7.78. The number of rotatable bonds is 15. The number of ether oxygens (including phenoxy) is 2. The second-order valence-corrected chi connectivity index (χ2v) is 12.7. The topological polar surface area (TPSA) is 96.4 Å². The van der Waals surface area contributed by atoms with Crippen LogP contribution in [0.1, 0.15) is 58.8 Å². The largest absolute Gasteiger partial charge is 0.465 e. The quantitative estimate of drug-likeness (QED) is 0.166. The third-order valence-corrected chi connectivity index (χ3v) is 10.0. The average Bonchev–Trinajstić information content (AvgIpc) is 3.53. The standard InChI is InChI=1S/C36H46N2O6/c1-5-7-8-14-22-43-34(42)30-29-32(40)38(20-12-9-13-21-39)31(36(29)24-25(3)35(30,4)44-36)33(41)37(19-6-2)28-18-17-26-15-10-11-16-27(26)23-28/h5-6,10-11,15-18,23,25,29-31,39H,1-2,7-9,12-14,19-22,24H2,3-4H3/t25?,29-,30-,31?,35+,36?/m0/s1. The minimum Gasteiger partial charge on any atom is -0.465 e. The summed E-state index contributed by atoms with van der Waals surface area (Å²) in [5.41, 5.74) is -1.36. The molecule has 6 atom stereocenters. The summed E-state index contributed by atoms with van der Waals surface area (Å²) in [5.74, 6) is -2.57. The Labute approximate surface area is 260 Å². The van der Waals surface area contributed by atoms with Crippen molar-refractivity contribution < 1.29 is 29.0 Å². The van der Waals surface area contributed by atoms with Gasteiger partial charge in [-0.2, -0.15) is 0 Å². The molecular formula is C36H46N2O6. The maximum atomic E-state index is 14.8. The molecule has 1 N–H and O–H groups in total. The van der Waals surface area contributed by atoms with E-state index in [1.807, 2.05) is 62.4 Å². The van der Waals surface area contributed by atoms with Gasteiger partial charge in [0.15, 0.2) is 0 Å². The van der Waals surface area contributed by atoms with E-state index in [4.69, 9.17) is 9.47 Å². The Morgan fingerprint density at radius 1 is 1.09 bits per heavy atom. The van der Waals surface area contributed by atoms with Crippen molar-refractivity contribution in [1.82, 2.24) is 4.90 Å². The Morgan fingerprint density at radius 3 is 2.59 bits per heavy atom. The Bertz CT molecular complexity index is 1410. The summed E-state index contributed by atoms with van der Waals surface area (Å²) >= 11 is 0. The first-order valence-electron chi connectivity index (χ1n) is 16.0. The molecule has 0 saturated carbocycles. The molecule has 2 bridgehead atoms. The van der Waals surface area contributed by atoms with Crippen LogP contribution in [0.25, 0.3) is 10.8 Å². The fourth-order valence-corrected chi connectivity index (χ4v) is 7.78. The van der Waals surface area contributed by atoms with Gasteiger partial charge in [0.2, 0.25) is 5.91 Å². The highest BCUT2D eigenvalue weighted by Gasteiger charge is 2.80. The molecule has 0 aliphatic carbocycles. The highest BCUT2D eigenvalue weighted by Crippen LogP contribution is 2.65. The SMILES string of the molecule is C=CCCCCOC(=O)[C@@H]1[C@H]2C(=O)N(CCCCCO)C(C(=O)N(CC=C)c3ccc4ccccc4c3)C23CC(C)[C@@]1(C)O3. The van der Waals surface area contributed by atoms with E-state index in [1.54, 1.807) is 15.9 Å². The predicted molar refractivity (Wildman–Crippen MR) is 171 cm³/mol. The van der Waals surface area contributed by atoms with Crippen molar-refractivity contribution in [2.75, 3.05) is 31.2 Å². The van der Waals surface area contributed by atoms with Crippen LogP contribution in [0.5, 0.6) is 0 Å². The zero-order chi connectivity index (χ0) is 31.5. The third kappa shape index (κ3) is 5.47. The van der Waals surface area contributed by atoms with Crippen LogP contribution in [-0.2, 0) is 23.9 Å². The molecule has 0 radical (unpaired) electrons. The van der Waals surface area contributed by atoms with E-state index in [2.05, 4.69) is 13.2 Å². The molecule has 2 amide bonds. The first kappa shape index (κ1) is 31.9. The van der Waals surface area contributed by atoms with Gasteiger partial charge < -0.3 is 24.4 Å². The number of aliphatic hydroxyl groups is 1. The summed E-state index contributed by atoms with van der Waals surface area (Å²) in [5, 5.41) is 11.4. The number of allylic oxidation sites excluding steroid dienone is 1. The van der Waals surface area contributed by atoms with Gasteiger partial charge in [-0.3, -0.25) is 14.4 Å². The molecule has 2 aromatic carbocycles. The minimum atomic E-state index is -1.15. The van der Waals surface area contributed by atoms with Crippen LogP contribution in [0.4, 0.5) is 5.69 Å². The van der Waals surface area contributed by atoms with Crippen molar-refractivity contribution >= 4 is 34.2 Å². The molecule has 3 unspecified atom stereocenters. The normalized spacial score (nSPS) is 28.7. The number of carbonyl (C=O) groups is 3. The zero-order valence-corrected chi connectivity index (χ0v) is 26.1. The number of nitrogens with zero attached hydrogens (tertiary/aromatic N) is 2. The summed E-state index contributed by atoms with van der Waals surface area (Å²) in [6, 6.07) is 13.0. The minimum absolute atomic E-state index is 0.0666. The van der Waals surface area contributed by atoms with Gasteiger partial charge >= 0.3 is 5.97 Å². The van der Waals surface area contributed by atoms with Gasteiger partial charge in [-0.25, -0.2) is 0 Å². The van der Waals surface area contributed by atoms with Crippen molar-refractivity contribution in [2.45, 2.75) is 76.0 Å². The molecule has 3 saturated heterocycles. The second-order valence-electron chi connectivity index (χ2n) is 12.7. The highest BCUT2D eigenvalue weighted by atomic mass is 16.6. The predicted octanol–water partition coefficient (Wildman–Crippen LogP) is 5.43. The van der Waals surface area contributed by atoms with Gasteiger partial charge in [0.05, 0.1) is 18.1 Å². The van der Waals surface area contributed by atoms with Crippen LogP contribution < -0.4 is 4.90 Å². The first-order chi connectivity index (χ1) is 21.2. The first-order valence-corrected chi connectivity index (χ1v) is 16.0. The molecule has 2 aromatic rings. The van der Waals surface area contributed by atoms with Crippen LogP contribution >= 0.6 is 0 Å². The number of amides is 2. The van der Waals surface area contributed by atoms with Crippen molar-refractivity contribution in [3.05, 3.63) is 67.8 Å². The van der Waals surface area contributed by atoms with Gasteiger partial charge in [-0.05, 0) is 80.7 Å². The van der Waals surface area contributed by atoms with Crippen LogP contribution in [0.3, 0.4) is 0 Å². The van der Waals surface area contributed by atoms with E-state index in [-0.39, 0.29) is 37.5 Å². The van der Waals surface area contributed by atoms with Crippen molar-refractivity contribution in [3.8, 4) is 0 Å². The number of carbonyl (C=O) groups excluding carboxylic acids is 3. The molecule has 8 heteroatoms. The number of benzene rings is 2. The number of aliphatic hydroxyl groups excluding tert-OH is 1. The Morgan fingerprint density at radius 2 is 1.86 bits per heavy atom. The fraction of sp³-hybridized carbons (Fsp3) is 0.528. The molecular weight excluding hydrogens is 556 g/mol. The van der Waals surface area contributed by atoms with E-state index in [0.29, 0.717) is 44.3 Å². The molecule has 3 heterocycles. The van der Waals surface area contributed by atoms with Gasteiger partial charge in [0, 0.05) is 25.4 Å². The van der Waals surface area contributed by atoms with Gasteiger partial charge in [-0.15, -0.1) is 13.2 Å². The number of hydrogen-bond acceptors (Lipinski definition) is 6. The zero-order valence-electron chi connectivity index (χ0n) is 26.1. The molecule has 44 heavy (non-hydrogen) atoms. The number of esters is 1. The van der Waals surface area contributed by atoms with Crippen molar-refractivity contribution in [3.63, 3.8) is 0 Å². The molecule has 3 fully saturated rings. The van der Waals surface area contributed by atoms with E-state index >= 15 is 0 Å². The lowest BCUT2D eigenvalue weighted by molar-refractivity contribution is -0.161. The van der Waals surface area contributed by atoms with E-state index in [9.17, 15) is 19.5 Å². The monoisotopic (exact) mass is 602 g/mol. The maximum Gasteiger partial charge on any atom is 0.312 e. The summed E-state index contributed by atoms with van der Waals surface area (Å²) < 4.78 is 12.6. The smallest absolute Gasteiger partial charge is 0.312 e. The number of unbranched alkanes of at least 4 members (excludes halogenated alkanes) is 4. The summed E-state index contributed by atoms with van der Waals surface area (Å²) in [6.07, 6.45) is 8.39. The molecule has 0 aromatic heterocycles. The number of fused-ring (bicyclic) bond motifs is 2.